The van der Waals surface area contributed by atoms with Crippen LogP contribution in [0.2, 0.25) is 0 Å². The standard InChI is InChI=1S/C19H18FN5O2/c20-18-13-7-9-21-11-12(13)5-6-16(18)22-17(26)8-10-25-19(27)14-3-1-2-4-15(14)23-24-25/h1-6,21H,7-11H2,(H,22,26). The Bertz CT molecular complexity index is 1080. The summed E-state index contributed by atoms with van der Waals surface area (Å²) in [6.45, 7) is 1.41. The van der Waals surface area contributed by atoms with Crippen molar-refractivity contribution in [2.24, 2.45) is 0 Å². The summed E-state index contributed by atoms with van der Waals surface area (Å²) in [6, 6.07) is 10.3. The molecule has 3 aromatic rings. The molecule has 0 saturated heterocycles. The largest absolute Gasteiger partial charge is 0.324 e. The molecule has 27 heavy (non-hydrogen) atoms. The van der Waals surface area contributed by atoms with Crippen LogP contribution >= 0.6 is 0 Å². The Morgan fingerprint density at radius 1 is 1.26 bits per heavy atom. The first-order valence-corrected chi connectivity index (χ1v) is 8.77. The van der Waals surface area contributed by atoms with Crippen molar-refractivity contribution < 1.29 is 9.18 Å². The van der Waals surface area contributed by atoms with Crippen molar-refractivity contribution in [3.05, 3.63) is 63.7 Å². The number of carbonyl (C=O) groups is 1. The SMILES string of the molecule is O=C(CCn1nnc2ccccc2c1=O)Nc1ccc2c(c1F)CCNC2. The highest BCUT2D eigenvalue weighted by atomic mass is 19.1. The third-order valence-electron chi connectivity index (χ3n) is 4.66. The normalized spacial score (nSPS) is 13.4. The number of amides is 1. The van der Waals surface area contributed by atoms with Crippen LogP contribution in [-0.4, -0.2) is 27.4 Å². The van der Waals surface area contributed by atoms with Crippen LogP contribution in [0.3, 0.4) is 0 Å². The molecule has 2 N–H and O–H groups in total. The maximum absolute atomic E-state index is 14.6. The molecule has 0 saturated carbocycles. The summed E-state index contributed by atoms with van der Waals surface area (Å²) in [5.74, 6) is -0.769. The Labute approximate surface area is 154 Å². The number of halogens is 1. The Hall–Kier alpha value is -3.13. The number of rotatable bonds is 4. The van der Waals surface area contributed by atoms with Gasteiger partial charge in [0.15, 0.2) is 0 Å². The molecule has 0 spiro atoms. The smallest absolute Gasteiger partial charge is 0.277 e. The summed E-state index contributed by atoms with van der Waals surface area (Å²) >= 11 is 0. The molecule has 0 fully saturated rings. The van der Waals surface area contributed by atoms with Gasteiger partial charge in [-0.2, -0.15) is 0 Å². The molecule has 2 heterocycles. The van der Waals surface area contributed by atoms with E-state index in [1.165, 1.54) is 0 Å². The summed E-state index contributed by atoms with van der Waals surface area (Å²) < 4.78 is 15.7. The topological polar surface area (TPSA) is 88.9 Å². The molecule has 1 aliphatic rings. The van der Waals surface area contributed by atoms with Crippen LogP contribution in [0.4, 0.5) is 10.1 Å². The van der Waals surface area contributed by atoms with Crippen LogP contribution in [0.5, 0.6) is 0 Å². The summed E-state index contributed by atoms with van der Waals surface area (Å²) in [4.78, 5) is 24.6. The predicted molar refractivity (Wildman–Crippen MR) is 98.9 cm³/mol. The van der Waals surface area contributed by atoms with Gasteiger partial charge in [0.05, 0.1) is 17.6 Å². The summed E-state index contributed by atoms with van der Waals surface area (Å²) in [6.07, 6.45) is 0.581. The first kappa shape index (κ1) is 17.3. The van der Waals surface area contributed by atoms with Gasteiger partial charge in [-0.1, -0.05) is 23.4 Å². The second-order valence-corrected chi connectivity index (χ2v) is 6.42. The first-order chi connectivity index (χ1) is 13.1. The van der Waals surface area contributed by atoms with Crippen molar-refractivity contribution in [1.82, 2.24) is 20.3 Å². The lowest BCUT2D eigenvalue weighted by molar-refractivity contribution is -0.116. The third kappa shape index (κ3) is 3.43. The molecule has 1 aliphatic heterocycles. The minimum absolute atomic E-state index is 0.00892. The monoisotopic (exact) mass is 367 g/mol. The van der Waals surface area contributed by atoms with Gasteiger partial charge in [-0.15, -0.1) is 5.10 Å². The van der Waals surface area contributed by atoms with Crippen LogP contribution in [0, 0.1) is 5.82 Å². The van der Waals surface area contributed by atoms with Crippen molar-refractivity contribution in [3.8, 4) is 0 Å². The number of nitrogens with one attached hydrogen (secondary N) is 2. The summed E-state index contributed by atoms with van der Waals surface area (Å²) in [5, 5.41) is 14.1. The fraction of sp³-hybridized carbons (Fsp3) is 0.263. The molecule has 2 aromatic carbocycles. The van der Waals surface area contributed by atoms with Crippen LogP contribution in [0.25, 0.3) is 10.9 Å². The van der Waals surface area contributed by atoms with E-state index in [1.807, 2.05) is 6.07 Å². The number of hydrogen-bond acceptors (Lipinski definition) is 5. The molecule has 4 rings (SSSR count). The van der Waals surface area contributed by atoms with Crippen LogP contribution < -0.4 is 16.2 Å². The average molecular weight is 367 g/mol. The van der Waals surface area contributed by atoms with Gasteiger partial charge in [-0.25, -0.2) is 9.07 Å². The van der Waals surface area contributed by atoms with E-state index < -0.39 is 0 Å². The van der Waals surface area contributed by atoms with Crippen molar-refractivity contribution in [2.75, 3.05) is 11.9 Å². The van der Waals surface area contributed by atoms with Gasteiger partial charge in [-0.05, 0) is 42.3 Å². The number of benzene rings is 2. The Morgan fingerprint density at radius 2 is 2.11 bits per heavy atom. The number of hydrogen-bond donors (Lipinski definition) is 2. The second kappa shape index (κ2) is 7.24. The van der Waals surface area contributed by atoms with Crippen molar-refractivity contribution in [3.63, 3.8) is 0 Å². The maximum Gasteiger partial charge on any atom is 0.277 e. The minimum atomic E-state index is -0.385. The van der Waals surface area contributed by atoms with Crippen LogP contribution in [0.15, 0.2) is 41.2 Å². The highest BCUT2D eigenvalue weighted by Gasteiger charge is 2.17. The highest BCUT2D eigenvalue weighted by molar-refractivity contribution is 5.91. The molecule has 1 amide bonds. The second-order valence-electron chi connectivity index (χ2n) is 6.42. The Morgan fingerprint density at radius 3 is 3.00 bits per heavy atom. The third-order valence-corrected chi connectivity index (χ3v) is 4.66. The molecular weight excluding hydrogens is 349 g/mol. The van der Waals surface area contributed by atoms with Gasteiger partial charge in [0.2, 0.25) is 5.91 Å². The van der Waals surface area contributed by atoms with E-state index in [0.717, 1.165) is 10.2 Å². The maximum atomic E-state index is 14.6. The molecule has 7 nitrogen and oxygen atoms in total. The zero-order valence-electron chi connectivity index (χ0n) is 14.5. The quantitative estimate of drug-likeness (QED) is 0.731. The van der Waals surface area contributed by atoms with E-state index in [0.29, 0.717) is 36.0 Å². The average Bonchev–Trinajstić information content (AvgIpc) is 2.70. The lowest BCUT2D eigenvalue weighted by Gasteiger charge is -2.19. The zero-order valence-corrected chi connectivity index (χ0v) is 14.5. The van der Waals surface area contributed by atoms with E-state index in [9.17, 15) is 14.0 Å². The minimum Gasteiger partial charge on any atom is -0.324 e. The lowest BCUT2D eigenvalue weighted by Crippen LogP contribution is -2.27. The summed E-state index contributed by atoms with van der Waals surface area (Å²) in [7, 11) is 0. The molecule has 0 atom stereocenters. The van der Waals surface area contributed by atoms with Gasteiger partial charge in [0.1, 0.15) is 11.3 Å². The molecule has 1 aromatic heterocycles. The molecule has 0 unspecified atom stereocenters. The van der Waals surface area contributed by atoms with E-state index in [2.05, 4.69) is 20.9 Å². The van der Waals surface area contributed by atoms with E-state index in [-0.39, 0.29) is 35.9 Å². The number of carbonyl (C=O) groups excluding carboxylic acids is 1. The fourth-order valence-electron chi connectivity index (χ4n) is 3.22. The molecule has 0 bridgehead atoms. The Balaban J connectivity index is 1.46. The summed E-state index contributed by atoms with van der Waals surface area (Å²) in [5.41, 5.74) is 1.92. The lowest BCUT2D eigenvalue weighted by atomic mass is 9.99. The first-order valence-electron chi connectivity index (χ1n) is 8.77. The number of fused-ring (bicyclic) bond motifs is 2. The Kier molecular flexibility index (Phi) is 4.64. The predicted octanol–water partition coefficient (Wildman–Crippen LogP) is 1.61. The van der Waals surface area contributed by atoms with Gasteiger partial charge >= 0.3 is 0 Å². The van der Waals surface area contributed by atoms with Gasteiger partial charge in [0.25, 0.3) is 5.56 Å². The van der Waals surface area contributed by atoms with Gasteiger partial charge in [0, 0.05) is 13.0 Å². The van der Waals surface area contributed by atoms with Crippen molar-refractivity contribution in [2.45, 2.75) is 25.9 Å². The zero-order chi connectivity index (χ0) is 18.8. The van der Waals surface area contributed by atoms with Gasteiger partial charge < -0.3 is 10.6 Å². The van der Waals surface area contributed by atoms with Crippen LogP contribution in [0.1, 0.15) is 17.5 Å². The number of nitrogens with zero attached hydrogens (tertiary/aromatic N) is 3. The number of anilines is 1. The van der Waals surface area contributed by atoms with Crippen molar-refractivity contribution in [1.29, 1.82) is 0 Å². The van der Waals surface area contributed by atoms with E-state index >= 15 is 0 Å². The van der Waals surface area contributed by atoms with E-state index in [1.54, 1.807) is 30.3 Å². The molecule has 138 valence electrons. The number of aromatic nitrogens is 3. The van der Waals surface area contributed by atoms with Gasteiger partial charge in [-0.3, -0.25) is 9.59 Å². The molecule has 0 aliphatic carbocycles. The molecular formula is C19H18FN5O2. The molecule has 0 radical (unpaired) electrons. The van der Waals surface area contributed by atoms with Crippen LogP contribution in [-0.2, 0) is 24.3 Å². The van der Waals surface area contributed by atoms with Crippen molar-refractivity contribution >= 4 is 22.5 Å². The fourth-order valence-corrected chi connectivity index (χ4v) is 3.22. The molecule has 8 heteroatoms. The highest BCUT2D eigenvalue weighted by Crippen LogP contribution is 2.24. The number of aryl methyl sites for hydroxylation is 1. The van der Waals surface area contributed by atoms with E-state index in [4.69, 9.17) is 0 Å².